The molecule has 1 unspecified atom stereocenters. The molecular formula is C15H23NO2. The first-order chi connectivity index (χ1) is 8.20. The molecule has 0 saturated carbocycles. The van der Waals surface area contributed by atoms with E-state index in [0.29, 0.717) is 0 Å². The van der Waals surface area contributed by atoms with Crippen molar-refractivity contribution in [2.24, 2.45) is 5.73 Å². The lowest BCUT2D eigenvalue weighted by Crippen LogP contribution is -2.53. The van der Waals surface area contributed by atoms with Crippen molar-refractivity contribution in [1.82, 2.24) is 0 Å². The third-order valence-electron chi connectivity index (χ3n) is 3.93. The van der Waals surface area contributed by atoms with Crippen LogP contribution < -0.4 is 5.73 Å². The number of carboxylic acids is 1. The van der Waals surface area contributed by atoms with Crippen LogP contribution in [0.2, 0.25) is 0 Å². The van der Waals surface area contributed by atoms with Gasteiger partial charge in [0.25, 0.3) is 0 Å². The second kappa shape index (κ2) is 5.11. The van der Waals surface area contributed by atoms with Gasteiger partial charge in [0.05, 0.1) is 6.42 Å². The fraction of sp³-hybridized carbons (Fsp3) is 0.533. The van der Waals surface area contributed by atoms with Crippen LogP contribution in [0, 0.1) is 0 Å². The Morgan fingerprint density at radius 1 is 1.22 bits per heavy atom. The summed E-state index contributed by atoms with van der Waals surface area (Å²) in [4.78, 5) is 11.1. The van der Waals surface area contributed by atoms with E-state index in [1.807, 2.05) is 45.0 Å². The monoisotopic (exact) mass is 249 g/mol. The normalized spacial score (nSPS) is 15.2. The Balaban J connectivity index is 3.21. The van der Waals surface area contributed by atoms with Gasteiger partial charge >= 0.3 is 5.97 Å². The van der Waals surface area contributed by atoms with Gasteiger partial charge in [-0.05, 0) is 31.4 Å². The number of hydrogen-bond donors (Lipinski definition) is 2. The lowest BCUT2D eigenvalue weighted by atomic mass is 9.66. The molecule has 0 spiro atoms. The van der Waals surface area contributed by atoms with Gasteiger partial charge < -0.3 is 10.8 Å². The lowest BCUT2D eigenvalue weighted by molar-refractivity contribution is -0.139. The predicted octanol–water partition coefficient (Wildman–Crippen LogP) is 2.72. The number of nitrogens with two attached hydrogens (primary N) is 1. The van der Waals surface area contributed by atoms with Crippen LogP contribution in [0.25, 0.3) is 0 Å². The summed E-state index contributed by atoms with van der Waals surface area (Å²) in [5, 5.41) is 9.12. The van der Waals surface area contributed by atoms with Crippen LogP contribution in [-0.4, -0.2) is 16.6 Å². The minimum Gasteiger partial charge on any atom is -0.481 e. The second-order valence-corrected chi connectivity index (χ2v) is 5.67. The topological polar surface area (TPSA) is 63.3 Å². The Bertz CT molecular complexity index is 417. The van der Waals surface area contributed by atoms with Crippen molar-refractivity contribution < 1.29 is 9.90 Å². The van der Waals surface area contributed by atoms with E-state index in [4.69, 9.17) is 10.8 Å². The molecule has 18 heavy (non-hydrogen) atoms. The predicted molar refractivity (Wildman–Crippen MR) is 73.7 cm³/mol. The van der Waals surface area contributed by atoms with E-state index in [-0.39, 0.29) is 6.42 Å². The second-order valence-electron chi connectivity index (χ2n) is 5.67. The molecule has 1 aromatic carbocycles. The van der Waals surface area contributed by atoms with Gasteiger partial charge in [0.1, 0.15) is 0 Å². The lowest BCUT2D eigenvalue weighted by Gasteiger charge is -2.41. The zero-order valence-electron chi connectivity index (χ0n) is 11.7. The molecule has 1 rings (SSSR count). The highest BCUT2D eigenvalue weighted by molar-refractivity contribution is 5.69. The zero-order chi connectivity index (χ0) is 14.0. The van der Waals surface area contributed by atoms with E-state index in [1.54, 1.807) is 0 Å². The van der Waals surface area contributed by atoms with Gasteiger partial charge in [0, 0.05) is 11.0 Å². The van der Waals surface area contributed by atoms with E-state index < -0.39 is 16.9 Å². The highest BCUT2D eigenvalue weighted by Crippen LogP contribution is 2.37. The van der Waals surface area contributed by atoms with Crippen LogP contribution in [0.4, 0.5) is 0 Å². The quantitative estimate of drug-likeness (QED) is 0.843. The number of benzene rings is 1. The summed E-state index contributed by atoms with van der Waals surface area (Å²) in [6.45, 7) is 7.77. The van der Waals surface area contributed by atoms with Gasteiger partial charge in [0.2, 0.25) is 0 Å². The maximum atomic E-state index is 11.1. The molecule has 3 N–H and O–H groups in total. The van der Waals surface area contributed by atoms with Crippen molar-refractivity contribution in [3.63, 3.8) is 0 Å². The summed E-state index contributed by atoms with van der Waals surface area (Å²) in [7, 11) is 0. The van der Waals surface area contributed by atoms with E-state index >= 15 is 0 Å². The molecule has 0 amide bonds. The van der Waals surface area contributed by atoms with Crippen molar-refractivity contribution in [2.45, 2.75) is 51.5 Å². The van der Waals surface area contributed by atoms with Gasteiger partial charge in [-0.3, -0.25) is 4.79 Å². The van der Waals surface area contributed by atoms with Crippen LogP contribution in [-0.2, 0) is 16.6 Å². The van der Waals surface area contributed by atoms with E-state index in [1.165, 1.54) is 5.56 Å². The highest BCUT2D eigenvalue weighted by atomic mass is 16.4. The molecule has 0 aliphatic heterocycles. The number of aliphatic carboxylic acids is 1. The number of rotatable bonds is 5. The first-order valence-corrected chi connectivity index (χ1v) is 6.31. The van der Waals surface area contributed by atoms with Crippen LogP contribution in [0.5, 0.6) is 0 Å². The van der Waals surface area contributed by atoms with E-state index in [0.717, 1.165) is 12.0 Å². The summed E-state index contributed by atoms with van der Waals surface area (Å²) >= 11 is 0. The van der Waals surface area contributed by atoms with E-state index in [2.05, 4.69) is 6.92 Å². The molecule has 0 aliphatic rings. The largest absolute Gasteiger partial charge is 0.481 e. The fourth-order valence-corrected chi connectivity index (χ4v) is 2.11. The minimum atomic E-state index is -0.824. The van der Waals surface area contributed by atoms with Gasteiger partial charge in [-0.1, -0.05) is 38.1 Å². The third kappa shape index (κ3) is 2.91. The Kier molecular flexibility index (Phi) is 4.17. The average molecular weight is 249 g/mol. The van der Waals surface area contributed by atoms with Crippen molar-refractivity contribution in [1.29, 1.82) is 0 Å². The Hall–Kier alpha value is -1.35. The molecule has 0 radical (unpaired) electrons. The standard InChI is InChI=1S/C15H23NO2/c1-5-11-6-8-12(9-7-11)15(4,10-13(17)18)14(2,3)16/h6-9H,5,10,16H2,1-4H3,(H,17,18). The summed E-state index contributed by atoms with van der Waals surface area (Å²) in [5.41, 5.74) is 7.25. The zero-order valence-corrected chi connectivity index (χ0v) is 11.7. The number of hydrogen-bond acceptors (Lipinski definition) is 2. The van der Waals surface area contributed by atoms with Crippen LogP contribution in [0.15, 0.2) is 24.3 Å². The van der Waals surface area contributed by atoms with Crippen LogP contribution in [0.3, 0.4) is 0 Å². The number of aryl methyl sites for hydroxylation is 1. The molecule has 0 heterocycles. The highest BCUT2D eigenvalue weighted by Gasteiger charge is 2.41. The SMILES string of the molecule is CCc1ccc(C(C)(CC(=O)O)C(C)(C)N)cc1. The molecule has 3 heteroatoms. The van der Waals surface area contributed by atoms with Crippen molar-refractivity contribution in [3.05, 3.63) is 35.4 Å². The summed E-state index contributed by atoms with van der Waals surface area (Å²) in [6.07, 6.45) is 1.00. The summed E-state index contributed by atoms with van der Waals surface area (Å²) < 4.78 is 0. The third-order valence-corrected chi connectivity index (χ3v) is 3.93. The van der Waals surface area contributed by atoms with Gasteiger partial charge in [-0.15, -0.1) is 0 Å². The molecule has 0 aromatic heterocycles. The summed E-state index contributed by atoms with van der Waals surface area (Å²) in [5.74, 6) is -0.824. The maximum absolute atomic E-state index is 11.1. The molecule has 0 bridgehead atoms. The Morgan fingerprint density at radius 3 is 2.06 bits per heavy atom. The van der Waals surface area contributed by atoms with E-state index in [9.17, 15) is 4.79 Å². The molecular weight excluding hydrogens is 226 g/mol. The number of carboxylic acid groups (broad SMARTS) is 1. The molecule has 0 saturated heterocycles. The first-order valence-electron chi connectivity index (χ1n) is 6.31. The van der Waals surface area contributed by atoms with Crippen molar-refractivity contribution >= 4 is 5.97 Å². The van der Waals surface area contributed by atoms with Crippen molar-refractivity contribution in [3.8, 4) is 0 Å². The van der Waals surface area contributed by atoms with Gasteiger partial charge in [-0.2, -0.15) is 0 Å². The van der Waals surface area contributed by atoms with Crippen LogP contribution >= 0.6 is 0 Å². The molecule has 1 aromatic rings. The average Bonchev–Trinajstić information content (AvgIpc) is 2.26. The summed E-state index contributed by atoms with van der Waals surface area (Å²) in [6, 6.07) is 8.08. The maximum Gasteiger partial charge on any atom is 0.304 e. The molecule has 0 aliphatic carbocycles. The fourth-order valence-electron chi connectivity index (χ4n) is 2.11. The van der Waals surface area contributed by atoms with Gasteiger partial charge in [-0.25, -0.2) is 0 Å². The number of carbonyl (C=O) groups is 1. The smallest absolute Gasteiger partial charge is 0.304 e. The molecule has 1 atom stereocenters. The Morgan fingerprint density at radius 2 is 1.72 bits per heavy atom. The molecule has 0 fully saturated rings. The van der Waals surface area contributed by atoms with Gasteiger partial charge in [0.15, 0.2) is 0 Å². The molecule has 100 valence electrons. The van der Waals surface area contributed by atoms with Crippen LogP contribution in [0.1, 0.15) is 45.2 Å². The van der Waals surface area contributed by atoms with Crippen molar-refractivity contribution in [2.75, 3.05) is 0 Å². The Labute approximate surface area is 109 Å². The minimum absolute atomic E-state index is 0.0297. The first kappa shape index (κ1) is 14.7. The molecule has 3 nitrogen and oxygen atoms in total.